The molecule has 0 bridgehead atoms. The number of methoxy groups -OCH3 is 1. The van der Waals surface area contributed by atoms with Crippen molar-refractivity contribution < 1.29 is 9.53 Å². The Kier molecular flexibility index (Phi) is 8.51. The molecule has 0 atom stereocenters. The number of amides is 1. The van der Waals surface area contributed by atoms with E-state index in [-0.39, 0.29) is 5.91 Å². The third-order valence-electron chi connectivity index (χ3n) is 6.70. The zero-order valence-corrected chi connectivity index (χ0v) is 23.6. The van der Waals surface area contributed by atoms with Crippen LogP contribution in [-0.2, 0) is 18.3 Å². The molecule has 2 heterocycles. The van der Waals surface area contributed by atoms with Gasteiger partial charge in [0.2, 0.25) is 11.9 Å². The van der Waals surface area contributed by atoms with Crippen LogP contribution in [0.25, 0.3) is 22.2 Å². The number of rotatable bonds is 11. The van der Waals surface area contributed by atoms with E-state index in [0.29, 0.717) is 23.1 Å². The van der Waals surface area contributed by atoms with Gasteiger partial charge in [-0.05, 0) is 62.5 Å². The molecule has 0 aliphatic heterocycles. The molecule has 39 heavy (non-hydrogen) atoms. The minimum Gasteiger partial charge on any atom is -0.494 e. The number of aryl methyl sites for hydroxylation is 2. The summed E-state index contributed by atoms with van der Waals surface area (Å²) in [5, 5.41) is 7.37. The highest BCUT2D eigenvalue weighted by atomic mass is 16.5. The minimum atomic E-state index is -0.297. The fraction of sp³-hybridized carbons (Fsp3) is 0.300. The van der Waals surface area contributed by atoms with Gasteiger partial charge in [-0.2, -0.15) is 0 Å². The molecule has 2 aromatic carbocycles. The average molecular weight is 528 g/mol. The van der Waals surface area contributed by atoms with E-state index in [1.54, 1.807) is 13.3 Å². The Morgan fingerprint density at radius 2 is 1.92 bits per heavy atom. The van der Waals surface area contributed by atoms with Gasteiger partial charge < -0.3 is 29.7 Å². The Morgan fingerprint density at radius 3 is 2.62 bits per heavy atom. The van der Waals surface area contributed by atoms with E-state index in [0.717, 1.165) is 47.4 Å². The van der Waals surface area contributed by atoms with E-state index in [4.69, 9.17) is 9.72 Å². The summed E-state index contributed by atoms with van der Waals surface area (Å²) in [4.78, 5) is 25.8. The summed E-state index contributed by atoms with van der Waals surface area (Å²) in [7, 11) is 9.70. The van der Waals surface area contributed by atoms with Gasteiger partial charge in [-0.3, -0.25) is 4.79 Å². The smallest absolute Gasteiger partial charge is 0.247 e. The van der Waals surface area contributed by atoms with Crippen LogP contribution in [0.3, 0.4) is 0 Å². The Hall–Kier alpha value is -4.37. The molecule has 204 valence electrons. The number of hydrogen-bond acceptors (Lipinski definition) is 7. The van der Waals surface area contributed by atoms with E-state index in [2.05, 4.69) is 74.9 Å². The highest BCUT2D eigenvalue weighted by Crippen LogP contribution is 2.38. The van der Waals surface area contributed by atoms with Crippen LogP contribution in [0.5, 0.6) is 5.75 Å². The van der Waals surface area contributed by atoms with Crippen LogP contribution in [0, 0.1) is 0 Å². The van der Waals surface area contributed by atoms with Crippen molar-refractivity contribution in [1.82, 2.24) is 19.4 Å². The molecule has 0 aliphatic rings. The molecule has 2 aromatic heterocycles. The molecule has 0 spiro atoms. The van der Waals surface area contributed by atoms with Gasteiger partial charge in [0.25, 0.3) is 0 Å². The van der Waals surface area contributed by atoms with Crippen molar-refractivity contribution in [3.8, 4) is 17.0 Å². The quantitative estimate of drug-likeness (QED) is 0.263. The summed E-state index contributed by atoms with van der Waals surface area (Å²) in [5.74, 6) is 0.728. The van der Waals surface area contributed by atoms with Crippen molar-refractivity contribution in [2.45, 2.75) is 13.3 Å². The number of fused-ring (bicyclic) bond motifs is 1. The molecular formula is C30H37N7O2. The Bertz CT molecular complexity index is 1490. The number of ether oxygens (including phenoxy) is 1. The minimum absolute atomic E-state index is 0.297. The first-order valence-electron chi connectivity index (χ1n) is 12.9. The lowest BCUT2D eigenvalue weighted by atomic mass is 10.0. The summed E-state index contributed by atoms with van der Waals surface area (Å²) in [6.07, 6.45) is 5.99. The molecule has 9 nitrogen and oxygen atoms in total. The van der Waals surface area contributed by atoms with Gasteiger partial charge in [-0.15, -0.1) is 0 Å². The van der Waals surface area contributed by atoms with Crippen LogP contribution < -0.4 is 20.3 Å². The maximum atomic E-state index is 12.3. The fourth-order valence-corrected chi connectivity index (χ4v) is 4.44. The summed E-state index contributed by atoms with van der Waals surface area (Å²) < 4.78 is 7.86. The summed E-state index contributed by atoms with van der Waals surface area (Å²) in [6, 6.07) is 12.2. The number of nitrogens with zero attached hydrogens (tertiary/aromatic N) is 5. The third-order valence-corrected chi connectivity index (χ3v) is 6.70. The van der Waals surface area contributed by atoms with Crippen molar-refractivity contribution in [3.63, 3.8) is 0 Å². The summed E-state index contributed by atoms with van der Waals surface area (Å²) >= 11 is 0. The van der Waals surface area contributed by atoms with Gasteiger partial charge >= 0.3 is 0 Å². The van der Waals surface area contributed by atoms with Gasteiger partial charge in [0.05, 0.1) is 29.9 Å². The molecule has 0 aliphatic carbocycles. The first kappa shape index (κ1) is 27.7. The lowest BCUT2D eigenvalue weighted by molar-refractivity contribution is -0.111. The van der Waals surface area contributed by atoms with Gasteiger partial charge in [0.1, 0.15) is 5.75 Å². The molecule has 0 radical (unpaired) electrons. The number of nitrogens with one attached hydrogen (secondary N) is 2. The number of hydrogen-bond donors (Lipinski definition) is 2. The summed E-state index contributed by atoms with van der Waals surface area (Å²) in [5.41, 5.74) is 6.36. The molecule has 0 saturated heterocycles. The first-order chi connectivity index (χ1) is 18.7. The van der Waals surface area contributed by atoms with Gasteiger partial charge in [-0.1, -0.05) is 13.5 Å². The number of benzene rings is 2. The number of likely N-dealkylation sites (N-methyl/N-ethyl adjacent to an activating group) is 2. The van der Waals surface area contributed by atoms with E-state index < -0.39 is 0 Å². The molecule has 9 heteroatoms. The molecule has 4 rings (SSSR count). The average Bonchev–Trinajstić information content (AvgIpc) is 3.31. The van der Waals surface area contributed by atoms with E-state index in [1.807, 2.05) is 39.3 Å². The second-order valence-electron chi connectivity index (χ2n) is 9.73. The van der Waals surface area contributed by atoms with Gasteiger partial charge in [0.15, 0.2) is 0 Å². The molecule has 2 N–H and O–H groups in total. The van der Waals surface area contributed by atoms with E-state index in [1.165, 1.54) is 11.6 Å². The monoisotopic (exact) mass is 527 g/mol. The number of carbonyl (C=O) groups excluding carboxylic acids is 1. The Labute approximate surface area is 230 Å². The molecular weight excluding hydrogens is 490 g/mol. The van der Waals surface area contributed by atoms with Crippen LogP contribution in [-0.4, -0.2) is 66.7 Å². The van der Waals surface area contributed by atoms with Gasteiger partial charge in [-0.25, -0.2) is 9.97 Å². The van der Waals surface area contributed by atoms with E-state index in [9.17, 15) is 4.79 Å². The predicted molar refractivity (Wildman–Crippen MR) is 160 cm³/mol. The SMILES string of the molecule is C=CC(=O)Nc1cc(Nc2nccc(-c3cc(CC)cc4c3ccn4C)n2)c(OC)cc1N(C)CCN(C)C. The maximum absolute atomic E-state index is 12.3. The number of aromatic nitrogens is 3. The van der Waals surface area contributed by atoms with Crippen LogP contribution in [0.15, 0.2) is 61.4 Å². The normalized spacial score (nSPS) is 11.1. The lowest BCUT2D eigenvalue weighted by Gasteiger charge is -2.26. The summed E-state index contributed by atoms with van der Waals surface area (Å²) in [6.45, 7) is 7.35. The van der Waals surface area contributed by atoms with Crippen molar-refractivity contribution in [2.24, 2.45) is 7.05 Å². The largest absolute Gasteiger partial charge is 0.494 e. The Balaban J connectivity index is 1.73. The van der Waals surface area contributed by atoms with Crippen molar-refractivity contribution >= 4 is 39.8 Å². The zero-order valence-electron chi connectivity index (χ0n) is 23.6. The molecule has 0 saturated carbocycles. The van der Waals surface area contributed by atoms with Crippen LogP contribution in [0.4, 0.5) is 23.0 Å². The van der Waals surface area contributed by atoms with Crippen LogP contribution >= 0.6 is 0 Å². The third kappa shape index (κ3) is 6.21. The highest BCUT2D eigenvalue weighted by Gasteiger charge is 2.17. The van der Waals surface area contributed by atoms with Gasteiger partial charge in [0, 0.05) is 62.1 Å². The highest BCUT2D eigenvalue weighted by molar-refractivity contribution is 6.02. The van der Waals surface area contributed by atoms with E-state index >= 15 is 0 Å². The predicted octanol–water partition coefficient (Wildman–Crippen LogP) is 5.07. The fourth-order valence-electron chi connectivity index (χ4n) is 4.44. The number of carbonyl (C=O) groups is 1. The first-order valence-corrected chi connectivity index (χ1v) is 12.9. The van der Waals surface area contributed by atoms with Crippen molar-refractivity contribution in [1.29, 1.82) is 0 Å². The second-order valence-corrected chi connectivity index (χ2v) is 9.73. The second kappa shape index (κ2) is 12.0. The lowest BCUT2D eigenvalue weighted by Crippen LogP contribution is -2.29. The standard InChI is InChI=1S/C30H37N7O2/c1-8-20-16-22(21-11-13-36(5)26(21)17-20)23-10-12-31-30(33-23)34-25-18-24(32-29(38)9-2)27(19-28(25)39-7)37(6)15-14-35(3)4/h9-13,16-19H,2,8,14-15H2,1,3-7H3,(H,32,38)(H,31,33,34). The molecule has 4 aromatic rings. The molecule has 0 unspecified atom stereocenters. The maximum Gasteiger partial charge on any atom is 0.247 e. The van der Waals surface area contributed by atoms with Crippen LogP contribution in [0.2, 0.25) is 0 Å². The van der Waals surface area contributed by atoms with Crippen molar-refractivity contribution in [3.05, 3.63) is 67.0 Å². The number of anilines is 4. The zero-order chi connectivity index (χ0) is 28.1. The van der Waals surface area contributed by atoms with Crippen molar-refractivity contribution in [2.75, 3.05) is 56.9 Å². The Morgan fingerprint density at radius 1 is 1.13 bits per heavy atom. The molecule has 0 fully saturated rings. The molecule has 1 amide bonds. The topological polar surface area (TPSA) is 87.5 Å². The van der Waals surface area contributed by atoms with Crippen LogP contribution in [0.1, 0.15) is 12.5 Å².